The van der Waals surface area contributed by atoms with Crippen LogP contribution in [0.25, 0.3) is 6.08 Å². The first kappa shape index (κ1) is 20.9. The summed E-state index contributed by atoms with van der Waals surface area (Å²) in [5, 5.41) is 5.58. The molecule has 0 radical (unpaired) electrons. The van der Waals surface area contributed by atoms with Crippen LogP contribution in [0.1, 0.15) is 28.4 Å². The fraction of sp³-hybridized carbons (Fsp3) is 0.120. The van der Waals surface area contributed by atoms with Gasteiger partial charge >= 0.3 is 0 Å². The van der Waals surface area contributed by atoms with E-state index in [1.807, 2.05) is 62.4 Å². The van der Waals surface area contributed by atoms with Gasteiger partial charge in [0.1, 0.15) is 11.4 Å². The third kappa shape index (κ3) is 5.82. The number of amides is 2. The minimum Gasteiger partial charge on any atom is -0.494 e. The monoisotopic (exact) mass is 400 g/mol. The number of benzene rings is 3. The molecule has 0 unspecified atom stereocenters. The number of ether oxygens (including phenoxy) is 1. The fourth-order valence-corrected chi connectivity index (χ4v) is 2.86. The fourth-order valence-electron chi connectivity index (χ4n) is 2.86. The standard InChI is InChI=1S/C25H24N2O3/c1-3-30-22-14-12-19(13-15-22)17-23(27-24(28)20-9-5-4-6-10-20)25(29)26-21-11-7-8-18(2)16-21/h4-17H,3H2,1-2H3,(H,26,29)(H,27,28). The second-order valence-electron chi connectivity index (χ2n) is 6.70. The highest BCUT2D eigenvalue weighted by Crippen LogP contribution is 2.16. The predicted octanol–water partition coefficient (Wildman–Crippen LogP) is 4.80. The van der Waals surface area contributed by atoms with Gasteiger partial charge in [-0.05, 0) is 67.4 Å². The zero-order chi connectivity index (χ0) is 21.3. The zero-order valence-electron chi connectivity index (χ0n) is 17.0. The van der Waals surface area contributed by atoms with E-state index >= 15 is 0 Å². The van der Waals surface area contributed by atoms with Crippen LogP contribution in [0.2, 0.25) is 0 Å². The van der Waals surface area contributed by atoms with Crippen molar-refractivity contribution in [3.63, 3.8) is 0 Å². The predicted molar refractivity (Wildman–Crippen MR) is 119 cm³/mol. The SMILES string of the molecule is CCOc1ccc(C=C(NC(=O)c2ccccc2)C(=O)Nc2cccc(C)c2)cc1. The Morgan fingerprint density at radius 1 is 0.933 bits per heavy atom. The van der Waals surface area contributed by atoms with E-state index in [4.69, 9.17) is 4.74 Å². The molecule has 152 valence electrons. The molecular formula is C25H24N2O3. The second kappa shape index (κ2) is 10.1. The van der Waals surface area contributed by atoms with Crippen molar-refractivity contribution in [3.05, 3.63) is 101 Å². The molecule has 0 atom stereocenters. The first-order valence-corrected chi connectivity index (χ1v) is 9.74. The summed E-state index contributed by atoms with van der Waals surface area (Å²) in [7, 11) is 0. The number of carbonyl (C=O) groups excluding carboxylic acids is 2. The molecule has 0 heterocycles. The Bertz CT molecular complexity index is 1040. The maximum absolute atomic E-state index is 12.9. The van der Waals surface area contributed by atoms with Crippen LogP contribution >= 0.6 is 0 Å². The van der Waals surface area contributed by atoms with Gasteiger partial charge in [-0.2, -0.15) is 0 Å². The molecule has 0 saturated carbocycles. The van der Waals surface area contributed by atoms with E-state index in [9.17, 15) is 9.59 Å². The van der Waals surface area contributed by atoms with E-state index in [1.165, 1.54) is 0 Å². The van der Waals surface area contributed by atoms with Crippen LogP contribution in [0.4, 0.5) is 5.69 Å². The number of hydrogen-bond acceptors (Lipinski definition) is 3. The Morgan fingerprint density at radius 3 is 2.33 bits per heavy atom. The van der Waals surface area contributed by atoms with Gasteiger partial charge in [-0.1, -0.05) is 42.5 Å². The van der Waals surface area contributed by atoms with Gasteiger partial charge < -0.3 is 15.4 Å². The van der Waals surface area contributed by atoms with Crippen molar-refractivity contribution in [1.82, 2.24) is 5.32 Å². The highest BCUT2D eigenvalue weighted by atomic mass is 16.5. The molecule has 0 aliphatic heterocycles. The maximum Gasteiger partial charge on any atom is 0.272 e. The summed E-state index contributed by atoms with van der Waals surface area (Å²) in [6.45, 7) is 4.44. The van der Waals surface area contributed by atoms with Gasteiger partial charge in [0.2, 0.25) is 0 Å². The van der Waals surface area contributed by atoms with Crippen LogP contribution in [0.3, 0.4) is 0 Å². The highest BCUT2D eigenvalue weighted by Gasteiger charge is 2.15. The molecule has 0 spiro atoms. The summed E-state index contributed by atoms with van der Waals surface area (Å²) >= 11 is 0. The Kier molecular flexibility index (Phi) is 7.00. The van der Waals surface area contributed by atoms with Crippen molar-refractivity contribution < 1.29 is 14.3 Å². The third-order valence-corrected chi connectivity index (χ3v) is 4.31. The molecule has 5 nitrogen and oxygen atoms in total. The smallest absolute Gasteiger partial charge is 0.272 e. The molecule has 0 aliphatic rings. The average Bonchev–Trinajstić information content (AvgIpc) is 2.75. The topological polar surface area (TPSA) is 67.4 Å². The summed E-state index contributed by atoms with van der Waals surface area (Å²) < 4.78 is 5.46. The number of nitrogens with one attached hydrogen (secondary N) is 2. The lowest BCUT2D eigenvalue weighted by molar-refractivity contribution is -0.113. The van der Waals surface area contributed by atoms with Crippen molar-refractivity contribution in [2.24, 2.45) is 0 Å². The first-order valence-electron chi connectivity index (χ1n) is 9.74. The van der Waals surface area contributed by atoms with Crippen molar-refractivity contribution in [3.8, 4) is 5.75 Å². The summed E-state index contributed by atoms with van der Waals surface area (Å²) in [6, 6.07) is 23.6. The minimum absolute atomic E-state index is 0.148. The van der Waals surface area contributed by atoms with E-state index < -0.39 is 5.91 Å². The Hall–Kier alpha value is -3.86. The molecule has 5 heteroatoms. The van der Waals surface area contributed by atoms with Crippen molar-refractivity contribution in [1.29, 1.82) is 0 Å². The van der Waals surface area contributed by atoms with E-state index in [2.05, 4.69) is 10.6 Å². The van der Waals surface area contributed by atoms with E-state index in [-0.39, 0.29) is 11.6 Å². The zero-order valence-corrected chi connectivity index (χ0v) is 17.0. The van der Waals surface area contributed by atoms with Gasteiger partial charge in [0.25, 0.3) is 11.8 Å². The van der Waals surface area contributed by atoms with Gasteiger partial charge in [-0.15, -0.1) is 0 Å². The van der Waals surface area contributed by atoms with Crippen LogP contribution in [0, 0.1) is 6.92 Å². The van der Waals surface area contributed by atoms with Crippen LogP contribution in [0.15, 0.2) is 84.6 Å². The van der Waals surface area contributed by atoms with E-state index in [0.29, 0.717) is 17.9 Å². The van der Waals surface area contributed by atoms with Gasteiger partial charge in [0.15, 0.2) is 0 Å². The molecule has 3 aromatic carbocycles. The summed E-state index contributed by atoms with van der Waals surface area (Å²) in [5.41, 5.74) is 3.07. The summed E-state index contributed by atoms with van der Waals surface area (Å²) in [5.74, 6) is -0.0142. The van der Waals surface area contributed by atoms with E-state index in [0.717, 1.165) is 16.9 Å². The van der Waals surface area contributed by atoms with Crippen molar-refractivity contribution in [2.75, 3.05) is 11.9 Å². The number of aryl methyl sites for hydroxylation is 1. The quantitative estimate of drug-likeness (QED) is 0.560. The van der Waals surface area contributed by atoms with Gasteiger partial charge in [0.05, 0.1) is 6.61 Å². The maximum atomic E-state index is 12.9. The average molecular weight is 400 g/mol. The summed E-state index contributed by atoms with van der Waals surface area (Å²) in [6.07, 6.45) is 1.64. The molecule has 0 saturated heterocycles. The minimum atomic E-state index is -0.404. The Balaban J connectivity index is 1.86. The van der Waals surface area contributed by atoms with Gasteiger partial charge in [-0.3, -0.25) is 9.59 Å². The van der Waals surface area contributed by atoms with Gasteiger partial charge in [0, 0.05) is 11.3 Å². The highest BCUT2D eigenvalue weighted by molar-refractivity contribution is 6.10. The molecule has 0 bridgehead atoms. The molecule has 0 aliphatic carbocycles. The lowest BCUT2D eigenvalue weighted by Gasteiger charge is -2.12. The largest absolute Gasteiger partial charge is 0.494 e. The van der Waals surface area contributed by atoms with Crippen LogP contribution in [-0.4, -0.2) is 18.4 Å². The molecule has 3 aromatic rings. The number of anilines is 1. The second-order valence-corrected chi connectivity index (χ2v) is 6.70. The molecule has 2 N–H and O–H groups in total. The molecule has 0 fully saturated rings. The molecule has 3 rings (SSSR count). The molecule has 2 amide bonds. The van der Waals surface area contributed by atoms with Crippen LogP contribution in [0.5, 0.6) is 5.75 Å². The summed E-state index contributed by atoms with van der Waals surface area (Å²) in [4.78, 5) is 25.6. The van der Waals surface area contributed by atoms with Crippen molar-refractivity contribution >= 4 is 23.6 Å². The Morgan fingerprint density at radius 2 is 1.67 bits per heavy atom. The van der Waals surface area contributed by atoms with E-state index in [1.54, 1.807) is 36.4 Å². The van der Waals surface area contributed by atoms with Gasteiger partial charge in [-0.25, -0.2) is 0 Å². The molecule has 30 heavy (non-hydrogen) atoms. The molecule has 0 aromatic heterocycles. The van der Waals surface area contributed by atoms with Crippen LogP contribution in [-0.2, 0) is 4.79 Å². The first-order chi connectivity index (χ1) is 14.5. The third-order valence-electron chi connectivity index (χ3n) is 4.31. The molecular weight excluding hydrogens is 376 g/mol. The lowest BCUT2D eigenvalue weighted by Crippen LogP contribution is -2.30. The number of carbonyl (C=O) groups is 2. The normalized spacial score (nSPS) is 10.9. The lowest BCUT2D eigenvalue weighted by atomic mass is 10.1. The Labute approximate surface area is 176 Å². The van der Waals surface area contributed by atoms with Crippen molar-refractivity contribution in [2.45, 2.75) is 13.8 Å². The number of hydrogen-bond donors (Lipinski definition) is 2. The van der Waals surface area contributed by atoms with Crippen LogP contribution < -0.4 is 15.4 Å². The number of rotatable bonds is 7.